The zero-order valence-electron chi connectivity index (χ0n) is 26.8. The molecule has 4 unspecified atom stereocenters. The first-order valence-corrected chi connectivity index (χ1v) is 16.8. The summed E-state index contributed by atoms with van der Waals surface area (Å²) < 4.78 is 10.3. The van der Waals surface area contributed by atoms with Gasteiger partial charge in [-0.2, -0.15) is 0 Å². The fraction of sp³-hybridized carbons (Fsp3) is 0.308. The van der Waals surface area contributed by atoms with E-state index in [9.17, 15) is 15.0 Å². The lowest BCUT2D eigenvalue weighted by molar-refractivity contribution is 0.0115. The van der Waals surface area contributed by atoms with Crippen molar-refractivity contribution in [2.75, 3.05) is 13.7 Å². The van der Waals surface area contributed by atoms with Gasteiger partial charge in [0.15, 0.2) is 5.82 Å². The SMILES string of the molecule is COc1cc(C(=O)N2CC3CCC2C3)cc2nc3n(c12)Cc1cccc(c1)-c1ccccc1C(O)C(O)CCn1c-3cc2cccnc21. The van der Waals surface area contributed by atoms with E-state index in [4.69, 9.17) is 14.7 Å². The van der Waals surface area contributed by atoms with Gasteiger partial charge >= 0.3 is 0 Å². The Morgan fingerprint density at radius 1 is 0.938 bits per heavy atom. The molecule has 3 aliphatic rings. The summed E-state index contributed by atoms with van der Waals surface area (Å²) in [5.41, 5.74) is 7.25. The highest BCUT2D eigenvalue weighted by Crippen LogP contribution is 2.41. The van der Waals surface area contributed by atoms with Crippen molar-refractivity contribution < 1.29 is 19.7 Å². The Hall–Kier alpha value is -4.99. The number of methoxy groups -OCH3 is 1. The van der Waals surface area contributed by atoms with Crippen molar-refractivity contribution in [2.24, 2.45) is 5.92 Å². The third-order valence-electron chi connectivity index (χ3n) is 10.7. The van der Waals surface area contributed by atoms with Crippen molar-refractivity contribution in [3.8, 4) is 28.4 Å². The molecule has 3 aromatic carbocycles. The van der Waals surface area contributed by atoms with E-state index in [1.807, 2.05) is 65.6 Å². The largest absolute Gasteiger partial charge is 0.494 e. The lowest BCUT2D eigenvalue weighted by atomic mass is 9.92. The smallest absolute Gasteiger partial charge is 0.254 e. The van der Waals surface area contributed by atoms with Crippen molar-refractivity contribution in [1.82, 2.24) is 24.0 Å². The van der Waals surface area contributed by atoms with Gasteiger partial charge in [-0.1, -0.05) is 42.5 Å². The van der Waals surface area contributed by atoms with Crippen LogP contribution in [0, 0.1) is 5.92 Å². The Morgan fingerprint density at radius 2 is 1.83 bits per heavy atom. The number of aliphatic hydroxyl groups excluding tert-OH is 2. The number of carbonyl (C=O) groups is 1. The summed E-state index contributed by atoms with van der Waals surface area (Å²) in [6.45, 7) is 1.71. The molecule has 242 valence electrons. The molecule has 2 aliphatic heterocycles. The first-order chi connectivity index (χ1) is 23.5. The Morgan fingerprint density at radius 3 is 2.67 bits per heavy atom. The fourth-order valence-electron chi connectivity index (χ4n) is 8.36. The predicted molar refractivity (Wildman–Crippen MR) is 184 cm³/mol. The minimum absolute atomic E-state index is 0.0362. The molecule has 9 rings (SSSR count). The number of hydrogen-bond donors (Lipinski definition) is 2. The summed E-state index contributed by atoms with van der Waals surface area (Å²) >= 11 is 0. The van der Waals surface area contributed by atoms with Crippen molar-refractivity contribution in [3.05, 3.63) is 102 Å². The zero-order valence-corrected chi connectivity index (χ0v) is 26.8. The van der Waals surface area contributed by atoms with Gasteiger partial charge in [0.1, 0.15) is 23.0 Å². The highest BCUT2D eigenvalue weighted by Gasteiger charge is 2.40. The first kappa shape index (κ1) is 29.2. The van der Waals surface area contributed by atoms with Crippen molar-refractivity contribution >= 4 is 28.0 Å². The molecule has 1 saturated carbocycles. The summed E-state index contributed by atoms with van der Waals surface area (Å²) in [7, 11) is 1.65. The number of aryl methyl sites for hydroxylation is 1. The van der Waals surface area contributed by atoms with Gasteiger partial charge in [0.25, 0.3) is 5.91 Å². The highest BCUT2D eigenvalue weighted by molar-refractivity contribution is 6.00. The summed E-state index contributed by atoms with van der Waals surface area (Å²) in [6, 6.07) is 26.1. The molecule has 1 saturated heterocycles. The monoisotopic (exact) mass is 639 g/mol. The number of carbonyl (C=O) groups excluding carboxylic acids is 1. The minimum atomic E-state index is -1.07. The number of nitrogens with zero attached hydrogens (tertiary/aromatic N) is 5. The number of imidazole rings is 1. The lowest BCUT2D eigenvalue weighted by Gasteiger charge is -2.27. The molecule has 4 atom stereocenters. The van der Waals surface area contributed by atoms with E-state index in [0.29, 0.717) is 59.7 Å². The van der Waals surface area contributed by atoms with Crippen LogP contribution in [-0.2, 0) is 13.1 Å². The van der Waals surface area contributed by atoms with Gasteiger partial charge in [0.2, 0.25) is 0 Å². The van der Waals surface area contributed by atoms with Crippen LogP contribution >= 0.6 is 0 Å². The topological polar surface area (TPSA) is 106 Å². The van der Waals surface area contributed by atoms with Crippen LogP contribution in [0.15, 0.2) is 85.1 Å². The molecule has 2 N–H and O–H groups in total. The third kappa shape index (κ3) is 4.64. The molecule has 1 aliphatic carbocycles. The van der Waals surface area contributed by atoms with Gasteiger partial charge in [-0.15, -0.1) is 0 Å². The quantitative estimate of drug-likeness (QED) is 0.234. The number of rotatable bonds is 2. The third-order valence-corrected chi connectivity index (χ3v) is 10.7. The number of aromatic nitrogens is 4. The molecule has 6 aromatic rings. The van der Waals surface area contributed by atoms with Crippen molar-refractivity contribution in [1.29, 1.82) is 0 Å². The Bertz CT molecular complexity index is 2220. The van der Waals surface area contributed by atoms with Crippen LogP contribution in [0.3, 0.4) is 0 Å². The van der Waals surface area contributed by atoms with E-state index in [1.165, 1.54) is 6.42 Å². The van der Waals surface area contributed by atoms with Crippen LogP contribution in [0.2, 0.25) is 0 Å². The molecular formula is C39H37N5O4. The van der Waals surface area contributed by atoms with E-state index in [1.54, 1.807) is 13.3 Å². The van der Waals surface area contributed by atoms with E-state index in [2.05, 4.69) is 27.3 Å². The lowest BCUT2D eigenvalue weighted by Crippen LogP contribution is -2.37. The van der Waals surface area contributed by atoms with Crippen LogP contribution in [0.4, 0.5) is 0 Å². The number of pyridine rings is 1. The maximum absolute atomic E-state index is 13.9. The van der Waals surface area contributed by atoms with Gasteiger partial charge in [-0.05, 0) is 90.3 Å². The summed E-state index contributed by atoms with van der Waals surface area (Å²) in [4.78, 5) is 25.9. The highest BCUT2D eigenvalue weighted by atomic mass is 16.5. The molecule has 9 nitrogen and oxygen atoms in total. The van der Waals surface area contributed by atoms with Gasteiger partial charge < -0.3 is 29.0 Å². The maximum Gasteiger partial charge on any atom is 0.254 e. The van der Waals surface area contributed by atoms with Gasteiger partial charge in [0.05, 0.1) is 24.4 Å². The molecule has 3 aromatic heterocycles. The molecule has 1 amide bonds. The molecular weight excluding hydrogens is 602 g/mol. The van der Waals surface area contributed by atoms with Gasteiger partial charge in [-0.25, -0.2) is 9.97 Å². The number of amides is 1. The molecule has 0 spiro atoms. The molecule has 2 fully saturated rings. The van der Waals surface area contributed by atoms with Crippen LogP contribution in [0.5, 0.6) is 5.75 Å². The average Bonchev–Trinajstić information content (AvgIpc) is 3.92. The van der Waals surface area contributed by atoms with E-state index < -0.39 is 12.2 Å². The Kier molecular flexibility index (Phi) is 6.88. The number of hydrogen-bond acceptors (Lipinski definition) is 6. The standard InChI is InChI=1S/C39H37N5O4/c1-48-34-20-27(39(47)43-21-24-11-12-28(43)17-24)18-31-35(34)44-22-23-6-4-7-25(16-23)29-9-2-3-10-30(29)36(46)33(45)13-15-42-32(38(44)41-31)19-26-8-5-14-40-37(26)42/h2-10,14,16,18-20,24,28,33,36,45-46H,11-13,15,17,21-22H2,1H3. The maximum atomic E-state index is 13.9. The second kappa shape index (κ2) is 11.3. The summed E-state index contributed by atoms with van der Waals surface area (Å²) in [6.07, 6.45) is 3.35. The minimum Gasteiger partial charge on any atom is -0.494 e. The average molecular weight is 640 g/mol. The summed E-state index contributed by atoms with van der Waals surface area (Å²) in [5, 5.41) is 23.8. The van der Waals surface area contributed by atoms with Crippen LogP contribution in [0.25, 0.3) is 44.7 Å². The molecule has 48 heavy (non-hydrogen) atoms. The van der Waals surface area contributed by atoms with Crippen LogP contribution in [-0.4, -0.2) is 65.9 Å². The van der Waals surface area contributed by atoms with E-state index in [0.717, 1.165) is 58.3 Å². The first-order valence-electron chi connectivity index (χ1n) is 16.8. The van der Waals surface area contributed by atoms with Crippen molar-refractivity contribution in [3.63, 3.8) is 0 Å². The molecule has 5 heterocycles. The number of likely N-dealkylation sites (tertiary alicyclic amines) is 1. The van der Waals surface area contributed by atoms with E-state index >= 15 is 0 Å². The predicted octanol–water partition coefficient (Wildman–Crippen LogP) is 6.20. The fourth-order valence-corrected chi connectivity index (χ4v) is 8.36. The zero-order chi connectivity index (χ0) is 32.5. The van der Waals surface area contributed by atoms with Gasteiger partial charge in [-0.3, -0.25) is 4.79 Å². The number of piperidine rings is 1. The normalized spacial score (nSPS) is 21.9. The summed E-state index contributed by atoms with van der Waals surface area (Å²) in [5.74, 6) is 1.95. The van der Waals surface area contributed by atoms with Crippen LogP contribution < -0.4 is 4.74 Å². The van der Waals surface area contributed by atoms with Crippen LogP contribution in [0.1, 0.15) is 53.3 Å². The second-order valence-corrected chi connectivity index (χ2v) is 13.5. The molecule has 4 bridgehead atoms. The number of aliphatic hydroxyl groups is 2. The van der Waals surface area contributed by atoms with E-state index in [-0.39, 0.29) is 5.91 Å². The molecule has 9 heteroatoms. The second-order valence-electron chi connectivity index (χ2n) is 13.5. The Balaban J connectivity index is 1.27. The Labute approximate surface area is 278 Å². The van der Waals surface area contributed by atoms with Gasteiger partial charge in [0, 0.05) is 42.8 Å². The van der Waals surface area contributed by atoms with Crippen molar-refractivity contribution in [2.45, 2.75) is 57.0 Å². The number of fused-ring (bicyclic) bond motifs is 13. The number of benzene rings is 3. The number of ether oxygens (including phenoxy) is 1. The molecule has 0 radical (unpaired) electrons.